The number of hydrogen-bond donors (Lipinski definition) is 0. The van der Waals surface area contributed by atoms with Crippen molar-refractivity contribution in [1.82, 2.24) is 4.31 Å². The molecule has 0 N–H and O–H groups in total. The fraction of sp³-hybridized carbons (Fsp3) is 0.364. The van der Waals surface area contributed by atoms with E-state index in [2.05, 4.69) is 0 Å². The maximum absolute atomic E-state index is 11.7. The zero-order valence-corrected chi connectivity index (χ0v) is 10.4. The van der Waals surface area contributed by atoms with Crippen LogP contribution in [0.1, 0.15) is 15.9 Å². The fourth-order valence-corrected chi connectivity index (χ4v) is 1.95. The lowest BCUT2D eigenvalue weighted by atomic mass is 10.1. The highest BCUT2D eigenvalue weighted by atomic mass is 32.2. The van der Waals surface area contributed by atoms with Crippen LogP contribution in [-0.4, -0.2) is 38.4 Å². The summed E-state index contributed by atoms with van der Waals surface area (Å²) in [6, 6.07) is 6.91. The molecule has 0 saturated carbocycles. The predicted octanol–water partition coefficient (Wildman–Crippen LogP) is 1.07. The molecule has 0 aliphatic rings. The quantitative estimate of drug-likeness (QED) is 0.741. The molecule has 0 radical (unpaired) electrons. The van der Waals surface area contributed by atoms with E-state index in [9.17, 15) is 13.2 Å². The highest BCUT2D eigenvalue weighted by Gasteiger charge is 2.19. The third kappa shape index (κ3) is 3.15. The SMILES string of the molecule is Cc1cccc(C(=O)CS(=O)(=O)N(C)C)c1. The highest BCUT2D eigenvalue weighted by Crippen LogP contribution is 2.07. The molecule has 0 aromatic heterocycles. The van der Waals surface area contributed by atoms with Crippen molar-refractivity contribution in [1.29, 1.82) is 0 Å². The van der Waals surface area contributed by atoms with E-state index in [1.165, 1.54) is 14.1 Å². The van der Waals surface area contributed by atoms with E-state index in [0.29, 0.717) is 5.56 Å². The Bertz CT molecular complexity index is 492. The van der Waals surface area contributed by atoms with Gasteiger partial charge in [-0.1, -0.05) is 23.8 Å². The first-order chi connectivity index (χ1) is 7.33. The van der Waals surface area contributed by atoms with E-state index in [1.807, 2.05) is 13.0 Å². The first kappa shape index (κ1) is 12.9. The molecule has 0 aliphatic carbocycles. The van der Waals surface area contributed by atoms with Crippen molar-refractivity contribution >= 4 is 15.8 Å². The van der Waals surface area contributed by atoms with Gasteiger partial charge in [-0.15, -0.1) is 0 Å². The summed E-state index contributed by atoms with van der Waals surface area (Å²) in [7, 11) is -0.644. The Hall–Kier alpha value is -1.20. The molecule has 0 spiro atoms. The zero-order chi connectivity index (χ0) is 12.3. The summed E-state index contributed by atoms with van der Waals surface area (Å²) in [6.45, 7) is 1.86. The molecule has 1 aromatic rings. The molecule has 0 unspecified atom stereocenters. The van der Waals surface area contributed by atoms with Gasteiger partial charge in [0.2, 0.25) is 10.0 Å². The molecule has 5 heteroatoms. The first-order valence-electron chi connectivity index (χ1n) is 4.83. The van der Waals surface area contributed by atoms with Crippen LogP contribution in [-0.2, 0) is 10.0 Å². The number of ketones is 1. The van der Waals surface area contributed by atoms with Gasteiger partial charge in [-0.05, 0) is 13.0 Å². The average molecular weight is 241 g/mol. The lowest BCUT2D eigenvalue weighted by Crippen LogP contribution is -2.29. The van der Waals surface area contributed by atoms with Gasteiger partial charge in [-0.2, -0.15) is 0 Å². The molecule has 0 fully saturated rings. The lowest BCUT2D eigenvalue weighted by molar-refractivity contribution is 0.102. The maximum Gasteiger partial charge on any atom is 0.221 e. The second-order valence-corrected chi connectivity index (χ2v) is 6.01. The van der Waals surface area contributed by atoms with E-state index in [1.54, 1.807) is 18.2 Å². The van der Waals surface area contributed by atoms with Gasteiger partial charge in [0.05, 0.1) is 0 Å². The van der Waals surface area contributed by atoms with Crippen LogP contribution in [0.2, 0.25) is 0 Å². The molecule has 0 saturated heterocycles. The predicted molar refractivity (Wildman–Crippen MR) is 63.0 cm³/mol. The third-order valence-corrected chi connectivity index (χ3v) is 3.95. The number of aryl methyl sites for hydroxylation is 1. The van der Waals surface area contributed by atoms with Crippen molar-refractivity contribution in [3.8, 4) is 0 Å². The topological polar surface area (TPSA) is 54.5 Å². The maximum atomic E-state index is 11.7. The van der Waals surface area contributed by atoms with Crippen molar-refractivity contribution in [2.24, 2.45) is 0 Å². The summed E-state index contributed by atoms with van der Waals surface area (Å²) in [4.78, 5) is 11.7. The summed E-state index contributed by atoms with van der Waals surface area (Å²) in [5.74, 6) is -0.860. The fourth-order valence-electron chi connectivity index (χ4n) is 1.20. The number of sulfonamides is 1. The van der Waals surface area contributed by atoms with E-state index < -0.39 is 15.8 Å². The zero-order valence-electron chi connectivity index (χ0n) is 9.60. The molecule has 0 heterocycles. The minimum Gasteiger partial charge on any atom is -0.293 e. The van der Waals surface area contributed by atoms with Gasteiger partial charge in [0.25, 0.3) is 0 Å². The van der Waals surface area contributed by atoms with Gasteiger partial charge in [-0.3, -0.25) is 4.79 Å². The first-order valence-corrected chi connectivity index (χ1v) is 6.44. The Kier molecular flexibility index (Phi) is 3.83. The average Bonchev–Trinajstić information content (AvgIpc) is 2.16. The number of carbonyl (C=O) groups excluding carboxylic acids is 1. The summed E-state index contributed by atoms with van der Waals surface area (Å²) < 4.78 is 24.1. The van der Waals surface area contributed by atoms with E-state index in [0.717, 1.165) is 9.87 Å². The second-order valence-electron chi connectivity index (χ2n) is 3.83. The molecular formula is C11H15NO3S. The van der Waals surface area contributed by atoms with Gasteiger partial charge >= 0.3 is 0 Å². The van der Waals surface area contributed by atoms with Crippen molar-refractivity contribution in [3.63, 3.8) is 0 Å². The Balaban J connectivity index is 2.90. The molecule has 88 valence electrons. The van der Waals surface area contributed by atoms with Crippen LogP contribution in [0.5, 0.6) is 0 Å². The molecule has 0 atom stereocenters. The Morgan fingerprint density at radius 2 is 1.94 bits per heavy atom. The van der Waals surface area contributed by atoms with Crippen LogP contribution < -0.4 is 0 Å². The van der Waals surface area contributed by atoms with Gasteiger partial charge in [-0.25, -0.2) is 12.7 Å². The Morgan fingerprint density at radius 1 is 1.31 bits per heavy atom. The molecule has 0 amide bonds. The largest absolute Gasteiger partial charge is 0.293 e. The van der Waals surface area contributed by atoms with Crippen molar-refractivity contribution < 1.29 is 13.2 Å². The van der Waals surface area contributed by atoms with Gasteiger partial charge in [0, 0.05) is 19.7 Å². The number of nitrogens with zero attached hydrogens (tertiary/aromatic N) is 1. The monoisotopic (exact) mass is 241 g/mol. The van der Waals surface area contributed by atoms with Crippen LogP contribution in [0, 0.1) is 6.92 Å². The molecular weight excluding hydrogens is 226 g/mol. The van der Waals surface area contributed by atoms with Crippen LogP contribution in [0.25, 0.3) is 0 Å². The van der Waals surface area contributed by atoms with Crippen molar-refractivity contribution in [3.05, 3.63) is 35.4 Å². The third-order valence-electron chi connectivity index (χ3n) is 2.21. The minimum absolute atomic E-state index is 0.377. The van der Waals surface area contributed by atoms with Crippen LogP contribution in [0.3, 0.4) is 0 Å². The van der Waals surface area contributed by atoms with E-state index in [4.69, 9.17) is 0 Å². The normalized spacial score (nSPS) is 11.8. The van der Waals surface area contributed by atoms with Gasteiger partial charge < -0.3 is 0 Å². The van der Waals surface area contributed by atoms with Gasteiger partial charge in [0.1, 0.15) is 5.75 Å². The van der Waals surface area contributed by atoms with Crippen molar-refractivity contribution in [2.75, 3.05) is 19.8 Å². The number of benzene rings is 1. The molecule has 1 rings (SSSR count). The molecule has 0 bridgehead atoms. The van der Waals surface area contributed by atoms with Crippen molar-refractivity contribution in [2.45, 2.75) is 6.92 Å². The minimum atomic E-state index is -3.47. The summed E-state index contributed by atoms with van der Waals surface area (Å²) in [5.41, 5.74) is 1.37. The smallest absolute Gasteiger partial charge is 0.221 e. The highest BCUT2D eigenvalue weighted by molar-refractivity contribution is 7.89. The summed E-state index contributed by atoms with van der Waals surface area (Å²) >= 11 is 0. The lowest BCUT2D eigenvalue weighted by Gasteiger charge is -2.10. The van der Waals surface area contributed by atoms with Crippen LogP contribution in [0.15, 0.2) is 24.3 Å². The van der Waals surface area contributed by atoms with Gasteiger partial charge in [0.15, 0.2) is 5.78 Å². The Morgan fingerprint density at radius 3 is 2.44 bits per heavy atom. The number of hydrogen-bond acceptors (Lipinski definition) is 3. The number of Topliss-reactive ketones (excluding diaryl/α,β-unsaturated/α-hetero) is 1. The number of carbonyl (C=O) groups is 1. The second kappa shape index (κ2) is 4.76. The standard InChI is InChI=1S/C11H15NO3S/c1-9-5-4-6-10(7-9)11(13)8-16(14,15)12(2)3/h4-7H,8H2,1-3H3. The number of rotatable bonds is 4. The Labute approximate surface area is 95.9 Å². The molecule has 16 heavy (non-hydrogen) atoms. The summed E-state index contributed by atoms with van der Waals surface area (Å²) in [6.07, 6.45) is 0. The van der Waals surface area contributed by atoms with E-state index >= 15 is 0 Å². The molecule has 4 nitrogen and oxygen atoms in total. The summed E-state index contributed by atoms with van der Waals surface area (Å²) in [5, 5.41) is 0. The van der Waals surface area contributed by atoms with Crippen LogP contribution in [0.4, 0.5) is 0 Å². The van der Waals surface area contributed by atoms with Crippen LogP contribution >= 0.6 is 0 Å². The molecule has 0 aliphatic heterocycles. The molecule has 1 aromatic carbocycles. The van der Waals surface area contributed by atoms with E-state index in [-0.39, 0.29) is 5.78 Å².